The molecule has 0 aliphatic carbocycles. The minimum absolute atomic E-state index is 0.0992. The Bertz CT molecular complexity index is 1090. The Morgan fingerprint density at radius 1 is 1.15 bits per heavy atom. The van der Waals surface area contributed by atoms with Crippen LogP contribution in [0, 0.1) is 5.82 Å². The molecule has 2 aliphatic rings. The molecule has 0 spiro atoms. The van der Waals surface area contributed by atoms with Crippen LogP contribution in [-0.4, -0.2) is 58.7 Å². The molecule has 178 valence electrons. The van der Waals surface area contributed by atoms with Crippen molar-refractivity contribution in [3.63, 3.8) is 0 Å². The topological polar surface area (TPSA) is 85.0 Å². The van der Waals surface area contributed by atoms with Gasteiger partial charge in [0.1, 0.15) is 17.6 Å². The number of likely N-dealkylation sites (N-methyl/N-ethyl adjacent to an activating group) is 1. The van der Waals surface area contributed by atoms with E-state index in [1.807, 2.05) is 27.7 Å². The molecule has 1 aromatic heterocycles. The van der Waals surface area contributed by atoms with E-state index < -0.39 is 60.0 Å². The fraction of sp³-hybridized carbons (Fsp3) is 0.524. The maximum absolute atomic E-state index is 14.6. The molecule has 2 aromatic rings. The molecule has 0 saturated carbocycles. The molecule has 7 nitrogen and oxygen atoms in total. The highest BCUT2D eigenvalue weighted by atomic mass is 19.4. The van der Waals surface area contributed by atoms with Crippen molar-refractivity contribution in [2.24, 2.45) is 0 Å². The molecule has 4 rings (SSSR count). The molecule has 33 heavy (non-hydrogen) atoms. The van der Waals surface area contributed by atoms with E-state index in [-0.39, 0.29) is 11.2 Å². The van der Waals surface area contributed by atoms with Crippen LogP contribution >= 0.6 is 0 Å². The van der Waals surface area contributed by atoms with Crippen molar-refractivity contribution in [2.75, 3.05) is 7.05 Å². The molecule has 0 bridgehead atoms. The quantitative estimate of drug-likeness (QED) is 0.549. The molecule has 12 heteroatoms. The van der Waals surface area contributed by atoms with Crippen molar-refractivity contribution >= 4 is 18.5 Å². The summed E-state index contributed by atoms with van der Waals surface area (Å²) in [5, 5.41) is 14.5. The lowest BCUT2D eigenvalue weighted by molar-refractivity contribution is -0.177. The summed E-state index contributed by atoms with van der Waals surface area (Å²) in [6.07, 6.45) is -5.64. The van der Waals surface area contributed by atoms with E-state index in [2.05, 4.69) is 5.16 Å². The molecule has 1 N–H and O–H groups in total. The zero-order valence-electron chi connectivity index (χ0n) is 18.7. The van der Waals surface area contributed by atoms with Gasteiger partial charge < -0.3 is 23.8 Å². The molecule has 2 fully saturated rings. The zero-order valence-corrected chi connectivity index (χ0v) is 18.7. The third-order valence-electron chi connectivity index (χ3n) is 6.72. The fourth-order valence-electron chi connectivity index (χ4n) is 3.94. The first-order chi connectivity index (χ1) is 15.1. The summed E-state index contributed by atoms with van der Waals surface area (Å²) in [6, 6.07) is 2.99. The summed E-state index contributed by atoms with van der Waals surface area (Å²) in [6.45, 7) is 7.29. The number of amides is 1. The maximum atomic E-state index is 14.6. The standard InChI is InChI=1S/C21H23BF4N2O5/c1-18(2)19(3,4)33-22(32-18)12-8-11(6-7-13(12)23)14-9-16(31-27-14)20(30)10-15(21(24,25)26)28(5)17(20)29/h6-9,15,30H,10H2,1-5H3. The van der Waals surface area contributed by atoms with Crippen LogP contribution in [-0.2, 0) is 19.7 Å². The third-order valence-corrected chi connectivity index (χ3v) is 6.72. The maximum Gasteiger partial charge on any atom is 0.497 e. The molecule has 3 heterocycles. The van der Waals surface area contributed by atoms with Crippen LogP contribution in [0.15, 0.2) is 28.8 Å². The van der Waals surface area contributed by atoms with Gasteiger partial charge in [-0.2, -0.15) is 13.2 Å². The molecule has 2 saturated heterocycles. The van der Waals surface area contributed by atoms with Crippen molar-refractivity contribution in [3.05, 3.63) is 35.8 Å². The monoisotopic (exact) mass is 470 g/mol. The molecule has 1 aromatic carbocycles. The first-order valence-corrected chi connectivity index (χ1v) is 10.3. The second-order valence-corrected chi connectivity index (χ2v) is 9.44. The van der Waals surface area contributed by atoms with Crippen LogP contribution in [0.25, 0.3) is 11.3 Å². The van der Waals surface area contributed by atoms with Crippen LogP contribution in [0.4, 0.5) is 17.6 Å². The largest absolute Gasteiger partial charge is 0.497 e. The molecular formula is C21H23BF4N2O5. The number of hydrogen-bond acceptors (Lipinski definition) is 6. The van der Waals surface area contributed by atoms with Gasteiger partial charge in [-0.3, -0.25) is 4.79 Å². The second-order valence-electron chi connectivity index (χ2n) is 9.44. The van der Waals surface area contributed by atoms with E-state index >= 15 is 0 Å². The number of benzene rings is 1. The average Bonchev–Trinajstić information content (AvgIpc) is 3.33. The highest BCUT2D eigenvalue weighted by Gasteiger charge is 2.61. The number of carbonyl (C=O) groups excluding carboxylic acids is 1. The fourth-order valence-corrected chi connectivity index (χ4v) is 3.94. The molecule has 1 amide bonds. The number of rotatable bonds is 3. The normalized spacial score (nSPS) is 27.0. The van der Waals surface area contributed by atoms with Crippen molar-refractivity contribution in [1.82, 2.24) is 10.1 Å². The van der Waals surface area contributed by atoms with E-state index in [0.717, 1.165) is 7.05 Å². The lowest BCUT2D eigenvalue weighted by Crippen LogP contribution is -2.41. The zero-order chi connectivity index (χ0) is 24.6. The van der Waals surface area contributed by atoms with Crippen molar-refractivity contribution in [2.45, 2.75) is 63.1 Å². The summed E-state index contributed by atoms with van der Waals surface area (Å²) < 4.78 is 71.2. The van der Waals surface area contributed by atoms with Crippen LogP contribution in [0.3, 0.4) is 0 Å². The first-order valence-electron chi connectivity index (χ1n) is 10.3. The Balaban J connectivity index is 1.65. The number of halogens is 4. The molecule has 2 unspecified atom stereocenters. The van der Waals surface area contributed by atoms with Gasteiger partial charge in [-0.25, -0.2) is 4.39 Å². The summed E-state index contributed by atoms with van der Waals surface area (Å²) in [5.41, 5.74) is -3.38. The van der Waals surface area contributed by atoms with Crippen molar-refractivity contribution in [3.8, 4) is 11.3 Å². The minimum atomic E-state index is -4.72. The lowest BCUT2D eigenvalue weighted by Gasteiger charge is -2.32. The highest BCUT2D eigenvalue weighted by molar-refractivity contribution is 6.62. The minimum Gasteiger partial charge on any atom is -0.399 e. The van der Waals surface area contributed by atoms with Gasteiger partial charge in [0.2, 0.25) is 5.60 Å². The Labute approximate surface area is 187 Å². The lowest BCUT2D eigenvalue weighted by atomic mass is 9.77. The predicted molar refractivity (Wildman–Crippen MR) is 109 cm³/mol. The summed E-state index contributed by atoms with van der Waals surface area (Å²) in [7, 11) is -0.0323. The van der Waals surface area contributed by atoms with Gasteiger partial charge >= 0.3 is 13.3 Å². The van der Waals surface area contributed by atoms with Gasteiger partial charge in [0.15, 0.2) is 5.76 Å². The van der Waals surface area contributed by atoms with Gasteiger partial charge in [0.05, 0.1) is 11.2 Å². The number of carbonyl (C=O) groups is 1. The van der Waals surface area contributed by atoms with E-state index in [0.29, 0.717) is 10.5 Å². The Kier molecular flexibility index (Phi) is 5.23. The van der Waals surface area contributed by atoms with Crippen LogP contribution < -0.4 is 5.46 Å². The van der Waals surface area contributed by atoms with Crippen LogP contribution in [0.1, 0.15) is 39.9 Å². The van der Waals surface area contributed by atoms with E-state index in [1.54, 1.807) is 0 Å². The van der Waals surface area contributed by atoms with E-state index in [9.17, 15) is 27.5 Å². The second kappa shape index (κ2) is 7.28. The summed E-state index contributed by atoms with van der Waals surface area (Å²) in [5.74, 6) is -2.16. The van der Waals surface area contributed by atoms with Gasteiger partial charge in [-0.1, -0.05) is 5.16 Å². The van der Waals surface area contributed by atoms with Gasteiger partial charge in [0.25, 0.3) is 5.91 Å². The Hall–Kier alpha value is -2.44. The number of likely N-dealkylation sites (tertiary alicyclic amines) is 1. The SMILES string of the molecule is CN1C(=O)C(O)(c2cc(-c3ccc(F)c(B4OC(C)(C)C(C)(C)O4)c3)no2)CC1C(F)(F)F. The molecule has 2 atom stereocenters. The smallest absolute Gasteiger partial charge is 0.399 e. The number of aromatic nitrogens is 1. The Morgan fingerprint density at radius 2 is 1.76 bits per heavy atom. The number of nitrogens with zero attached hydrogens (tertiary/aromatic N) is 2. The predicted octanol–water partition coefficient (Wildman–Crippen LogP) is 2.76. The summed E-state index contributed by atoms with van der Waals surface area (Å²) in [4.78, 5) is 12.9. The highest BCUT2D eigenvalue weighted by Crippen LogP contribution is 2.43. The van der Waals surface area contributed by atoms with Gasteiger partial charge in [-0.15, -0.1) is 0 Å². The third kappa shape index (κ3) is 3.73. The van der Waals surface area contributed by atoms with Crippen LogP contribution in [0.5, 0.6) is 0 Å². The Morgan fingerprint density at radius 3 is 2.30 bits per heavy atom. The van der Waals surface area contributed by atoms with E-state index in [4.69, 9.17) is 13.8 Å². The van der Waals surface area contributed by atoms with Crippen LogP contribution in [0.2, 0.25) is 0 Å². The number of aliphatic hydroxyl groups is 1. The molecule has 0 radical (unpaired) electrons. The van der Waals surface area contributed by atoms with Crippen molar-refractivity contribution in [1.29, 1.82) is 0 Å². The van der Waals surface area contributed by atoms with E-state index in [1.165, 1.54) is 24.3 Å². The first kappa shape index (κ1) is 23.7. The summed E-state index contributed by atoms with van der Waals surface area (Å²) >= 11 is 0. The molecule has 2 aliphatic heterocycles. The number of hydrogen-bond donors (Lipinski definition) is 1. The van der Waals surface area contributed by atoms with Crippen molar-refractivity contribution < 1.29 is 41.3 Å². The average molecular weight is 470 g/mol. The van der Waals surface area contributed by atoms with Gasteiger partial charge in [-0.05, 0) is 45.9 Å². The molecular weight excluding hydrogens is 447 g/mol. The van der Waals surface area contributed by atoms with Gasteiger partial charge in [0, 0.05) is 30.6 Å². The number of alkyl halides is 3.